The highest BCUT2D eigenvalue weighted by molar-refractivity contribution is 5.94. The normalized spacial score (nSPS) is 16.3. The molecule has 0 saturated carbocycles. The SMILES string of the molecule is COc1cc(C2CC(=O)Nc3ncn(-c4cccc(C(F)(F)F)c4)c32)ccc1O. The fourth-order valence-electron chi connectivity index (χ4n) is 3.48. The number of hydrogen-bond acceptors (Lipinski definition) is 4. The first kappa shape index (κ1) is 18.9. The molecule has 3 aromatic rings. The first-order valence-corrected chi connectivity index (χ1v) is 8.69. The van der Waals surface area contributed by atoms with Crippen LogP contribution >= 0.6 is 0 Å². The van der Waals surface area contributed by atoms with Crippen LogP contribution < -0.4 is 10.1 Å². The van der Waals surface area contributed by atoms with E-state index in [9.17, 15) is 23.1 Å². The summed E-state index contributed by atoms with van der Waals surface area (Å²) in [6.45, 7) is 0. The maximum absolute atomic E-state index is 13.1. The van der Waals surface area contributed by atoms with E-state index >= 15 is 0 Å². The Hall–Kier alpha value is -3.49. The molecule has 1 aliphatic heterocycles. The number of nitrogens with one attached hydrogen (secondary N) is 1. The monoisotopic (exact) mass is 403 g/mol. The van der Waals surface area contributed by atoms with Crippen molar-refractivity contribution in [3.05, 3.63) is 65.6 Å². The molecule has 0 aliphatic carbocycles. The molecule has 1 aliphatic rings. The van der Waals surface area contributed by atoms with Gasteiger partial charge in [-0.3, -0.25) is 4.79 Å². The number of rotatable bonds is 3. The van der Waals surface area contributed by atoms with Crippen molar-refractivity contribution in [1.29, 1.82) is 0 Å². The van der Waals surface area contributed by atoms with Crippen LogP contribution in [0.3, 0.4) is 0 Å². The number of ether oxygens (including phenoxy) is 1. The van der Waals surface area contributed by atoms with Crippen molar-refractivity contribution in [2.75, 3.05) is 12.4 Å². The first-order chi connectivity index (χ1) is 13.8. The number of alkyl halides is 3. The Labute approximate surface area is 163 Å². The highest BCUT2D eigenvalue weighted by atomic mass is 19.4. The minimum Gasteiger partial charge on any atom is -0.504 e. The molecule has 1 amide bonds. The Morgan fingerprint density at radius 1 is 1.24 bits per heavy atom. The molecule has 0 fully saturated rings. The summed E-state index contributed by atoms with van der Waals surface area (Å²) in [5, 5.41) is 12.5. The van der Waals surface area contributed by atoms with Crippen LogP contribution in [0.4, 0.5) is 19.0 Å². The largest absolute Gasteiger partial charge is 0.504 e. The van der Waals surface area contributed by atoms with Gasteiger partial charge in [0.25, 0.3) is 0 Å². The number of imidazole rings is 1. The second-order valence-electron chi connectivity index (χ2n) is 6.63. The van der Waals surface area contributed by atoms with Gasteiger partial charge in [-0.25, -0.2) is 4.98 Å². The number of phenolic OH excluding ortho intramolecular Hbond substituents is 1. The smallest absolute Gasteiger partial charge is 0.416 e. The number of carbonyl (C=O) groups is 1. The molecule has 6 nitrogen and oxygen atoms in total. The average molecular weight is 403 g/mol. The lowest BCUT2D eigenvalue weighted by Crippen LogP contribution is -2.25. The molecule has 1 unspecified atom stereocenters. The van der Waals surface area contributed by atoms with Crippen LogP contribution in [-0.4, -0.2) is 27.7 Å². The van der Waals surface area contributed by atoms with Crippen LogP contribution in [0.15, 0.2) is 48.8 Å². The lowest BCUT2D eigenvalue weighted by atomic mass is 9.89. The number of aromatic hydroxyl groups is 1. The molecule has 29 heavy (non-hydrogen) atoms. The van der Waals surface area contributed by atoms with E-state index in [-0.39, 0.29) is 35.3 Å². The summed E-state index contributed by atoms with van der Waals surface area (Å²) in [7, 11) is 1.41. The van der Waals surface area contributed by atoms with E-state index in [0.29, 0.717) is 11.3 Å². The fraction of sp³-hybridized carbons (Fsp3) is 0.200. The van der Waals surface area contributed by atoms with Crippen molar-refractivity contribution in [3.63, 3.8) is 0 Å². The zero-order chi connectivity index (χ0) is 20.8. The molecule has 1 aromatic heterocycles. The van der Waals surface area contributed by atoms with E-state index in [1.807, 2.05) is 0 Å². The van der Waals surface area contributed by atoms with Gasteiger partial charge in [-0.15, -0.1) is 0 Å². The van der Waals surface area contributed by atoms with Crippen LogP contribution in [0.2, 0.25) is 0 Å². The summed E-state index contributed by atoms with van der Waals surface area (Å²) < 4.78 is 46.1. The van der Waals surface area contributed by atoms with Gasteiger partial charge in [0.1, 0.15) is 6.33 Å². The number of benzene rings is 2. The quantitative estimate of drug-likeness (QED) is 0.691. The Morgan fingerprint density at radius 2 is 2.03 bits per heavy atom. The van der Waals surface area contributed by atoms with Gasteiger partial charge in [0.05, 0.1) is 18.4 Å². The molecule has 4 rings (SSSR count). The van der Waals surface area contributed by atoms with Crippen molar-refractivity contribution < 1.29 is 27.8 Å². The van der Waals surface area contributed by atoms with Crippen molar-refractivity contribution in [3.8, 4) is 17.2 Å². The number of amides is 1. The third-order valence-corrected chi connectivity index (χ3v) is 4.84. The summed E-state index contributed by atoms with van der Waals surface area (Å²) in [5.74, 6) is -0.270. The Balaban J connectivity index is 1.85. The van der Waals surface area contributed by atoms with Gasteiger partial charge in [-0.2, -0.15) is 13.2 Å². The Kier molecular flexibility index (Phi) is 4.45. The van der Waals surface area contributed by atoms with Crippen LogP contribution in [0, 0.1) is 0 Å². The summed E-state index contributed by atoms with van der Waals surface area (Å²) in [5.41, 5.74) is 0.724. The minimum atomic E-state index is -4.48. The second-order valence-corrected chi connectivity index (χ2v) is 6.63. The van der Waals surface area contributed by atoms with Gasteiger partial charge in [0.2, 0.25) is 5.91 Å². The average Bonchev–Trinajstić information content (AvgIpc) is 3.11. The zero-order valence-electron chi connectivity index (χ0n) is 15.2. The molecule has 2 N–H and O–H groups in total. The molecular formula is C20H16F3N3O3. The number of anilines is 1. The molecular weight excluding hydrogens is 387 g/mol. The van der Waals surface area contributed by atoms with Crippen LogP contribution in [-0.2, 0) is 11.0 Å². The molecule has 150 valence electrons. The van der Waals surface area contributed by atoms with E-state index in [2.05, 4.69) is 10.3 Å². The predicted molar refractivity (Wildman–Crippen MR) is 98.3 cm³/mol. The number of nitrogens with zero attached hydrogens (tertiary/aromatic N) is 2. The summed E-state index contributed by atoms with van der Waals surface area (Å²) >= 11 is 0. The van der Waals surface area contributed by atoms with Crippen LogP contribution in [0.25, 0.3) is 5.69 Å². The third-order valence-electron chi connectivity index (χ3n) is 4.84. The predicted octanol–water partition coefficient (Wildman–Crippen LogP) is 4.08. The molecule has 2 aromatic carbocycles. The molecule has 1 atom stereocenters. The zero-order valence-corrected chi connectivity index (χ0v) is 15.2. The minimum absolute atomic E-state index is 0.0527. The standard InChI is InChI=1S/C20H16F3N3O3/c1-29-16-7-11(5-6-15(16)27)14-9-17(28)25-19-18(14)26(10-24-19)13-4-2-3-12(8-13)20(21,22)23/h2-8,10,14,27H,9H2,1H3,(H,25,28). The summed E-state index contributed by atoms with van der Waals surface area (Å²) in [4.78, 5) is 16.4. The van der Waals surface area contributed by atoms with Gasteiger partial charge in [-0.1, -0.05) is 12.1 Å². The molecule has 0 spiro atoms. The first-order valence-electron chi connectivity index (χ1n) is 8.69. The maximum atomic E-state index is 13.1. The summed E-state index contributed by atoms with van der Waals surface area (Å²) in [6.07, 6.45) is -3.02. The highest BCUT2D eigenvalue weighted by Crippen LogP contribution is 2.41. The number of halogens is 3. The van der Waals surface area contributed by atoms with Crippen molar-refractivity contribution in [1.82, 2.24) is 9.55 Å². The van der Waals surface area contributed by atoms with E-state index in [4.69, 9.17) is 4.74 Å². The van der Waals surface area contributed by atoms with E-state index in [0.717, 1.165) is 12.1 Å². The highest BCUT2D eigenvalue weighted by Gasteiger charge is 2.33. The molecule has 0 radical (unpaired) electrons. The molecule has 0 bridgehead atoms. The van der Waals surface area contributed by atoms with Crippen LogP contribution in [0.5, 0.6) is 11.5 Å². The van der Waals surface area contributed by atoms with Gasteiger partial charge < -0.3 is 19.7 Å². The number of hydrogen-bond donors (Lipinski definition) is 2. The van der Waals surface area contributed by atoms with E-state index < -0.39 is 17.7 Å². The van der Waals surface area contributed by atoms with Crippen molar-refractivity contribution >= 4 is 11.7 Å². The number of fused-ring (bicyclic) bond motifs is 1. The topological polar surface area (TPSA) is 76.4 Å². The Morgan fingerprint density at radius 3 is 2.76 bits per heavy atom. The van der Waals surface area contributed by atoms with Crippen molar-refractivity contribution in [2.24, 2.45) is 0 Å². The lowest BCUT2D eigenvalue weighted by molar-refractivity contribution is -0.137. The number of methoxy groups -OCH3 is 1. The van der Waals surface area contributed by atoms with Crippen molar-refractivity contribution in [2.45, 2.75) is 18.5 Å². The van der Waals surface area contributed by atoms with Gasteiger partial charge in [0.15, 0.2) is 17.3 Å². The van der Waals surface area contributed by atoms with E-state index in [1.165, 1.54) is 30.1 Å². The van der Waals surface area contributed by atoms with Gasteiger partial charge in [0, 0.05) is 18.0 Å². The number of carbonyl (C=O) groups excluding carboxylic acids is 1. The Bertz CT molecular complexity index is 1090. The van der Waals surface area contributed by atoms with E-state index in [1.54, 1.807) is 18.2 Å². The van der Waals surface area contributed by atoms with Gasteiger partial charge >= 0.3 is 6.18 Å². The molecule has 0 saturated heterocycles. The number of phenols is 1. The fourth-order valence-corrected chi connectivity index (χ4v) is 3.48. The molecule has 9 heteroatoms. The number of aromatic nitrogens is 2. The summed E-state index contributed by atoms with van der Waals surface area (Å²) in [6, 6.07) is 9.60. The van der Waals surface area contributed by atoms with Gasteiger partial charge in [-0.05, 0) is 35.9 Å². The molecule has 2 heterocycles. The maximum Gasteiger partial charge on any atom is 0.416 e. The third kappa shape index (κ3) is 3.39. The second kappa shape index (κ2) is 6.84. The lowest BCUT2D eigenvalue weighted by Gasteiger charge is -2.25. The van der Waals surface area contributed by atoms with Crippen LogP contribution in [0.1, 0.15) is 29.2 Å².